The van der Waals surface area contributed by atoms with Gasteiger partial charge in [0.1, 0.15) is 4.99 Å². The van der Waals surface area contributed by atoms with Crippen molar-refractivity contribution in [2.45, 2.75) is 13.8 Å². The molecule has 0 heterocycles. The molecule has 0 aliphatic rings. The molecule has 1 rings (SSSR count). The molecule has 2 N–H and O–H groups in total. The highest BCUT2D eigenvalue weighted by molar-refractivity contribution is 7.80. The van der Waals surface area contributed by atoms with Gasteiger partial charge in [0.25, 0.3) is 0 Å². The van der Waals surface area contributed by atoms with E-state index in [1.807, 2.05) is 18.2 Å². The van der Waals surface area contributed by atoms with Crippen molar-refractivity contribution in [3.05, 3.63) is 34.9 Å². The maximum Gasteiger partial charge on any atom is 0.103 e. The average Bonchev–Trinajstić information content (AvgIpc) is 1.94. The van der Waals surface area contributed by atoms with Crippen LogP contribution in [0.25, 0.3) is 0 Å². The van der Waals surface area contributed by atoms with Gasteiger partial charge in [-0.3, -0.25) is 0 Å². The molecule has 0 radical (unpaired) electrons. The summed E-state index contributed by atoms with van der Waals surface area (Å²) in [6, 6.07) is 5.99. The van der Waals surface area contributed by atoms with E-state index >= 15 is 0 Å². The summed E-state index contributed by atoms with van der Waals surface area (Å²) < 4.78 is 0. The molecule has 1 nitrogen and oxygen atoms in total. The third-order valence-electron chi connectivity index (χ3n) is 1.79. The Kier molecular flexibility index (Phi) is 2.25. The van der Waals surface area contributed by atoms with Crippen LogP contribution in [-0.4, -0.2) is 4.99 Å². The topological polar surface area (TPSA) is 26.0 Å². The zero-order valence-corrected chi connectivity index (χ0v) is 7.53. The summed E-state index contributed by atoms with van der Waals surface area (Å²) in [6.07, 6.45) is 0. The lowest BCUT2D eigenvalue weighted by Crippen LogP contribution is -2.09. The molecule has 2 heteroatoms. The van der Waals surface area contributed by atoms with E-state index in [4.69, 9.17) is 18.0 Å². The lowest BCUT2D eigenvalue weighted by molar-refractivity contribution is 1.33. The van der Waals surface area contributed by atoms with Crippen molar-refractivity contribution in [1.29, 1.82) is 0 Å². The number of benzene rings is 1. The minimum atomic E-state index is 0.466. The van der Waals surface area contributed by atoms with Crippen LogP contribution >= 0.6 is 12.2 Å². The van der Waals surface area contributed by atoms with E-state index in [0.29, 0.717) is 4.99 Å². The van der Waals surface area contributed by atoms with Gasteiger partial charge in [0, 0.05) is 5.56 Å². The molecule has 0 aromatic heterocycles. The Morgan fingerprint density at radius 3 is 2.36 bits per heavy atom. The largest absolute Gasteiger partial charge is 0.389 e. The smallest absolute Gasteiger partial charge is 0.103 e. The van der Waals surface area contributed by atoms with Crippen LogP contribution in [0, 0.1) is 13.8 Å². The van der Waals surface area contributed by atoms with E-state index < -0.39 is 0 Å². The summed E-state index contributed by atoms with van der Waals surface area (Å²) in [5, 5.41) is 0. The molecule has 0 aliphatic heterocycles. The van der Waals surface area contributed by atoms with Crippen LogP contribution in [0.2, 0.25) is 0 Å². The van der Waals surface area contributed by atoms with Crippen molar-refractivity contribution in [2.24, 2.45) is 5.73 Å². The van der Waals surface area contributed by atoms with Gasteiger partial charge in [0.05, 0.1) is 0 Å². The number of hydrogen-bond donors (Lipinski definition) is 1. The predicted octanol–water partition coefficient (Wildman–Crippen LogP) is 1.94. The van der Waals surface area contributed by atoms with Crippen molar-refractivity contribution in [1.82, 2.24) is 0 Å². The summed E-state index contributed by atoms with van der Waals surface area (Å²) in [4.78, 5) is 0.466. The quantitative estimate of drug-likeness (QED) is 0.643. The number of thiocarbonyl (C=S) groups is 1. The molecule has 0 bridgehead atoms. The Morgan fingerprint density at radius 2 is 1.91 bits per heavy atom. The third kappa shape index (κ3) is 1.77. The first-order chi connectivity index (χ1) is 5.11. The zero-order chi connectivity index (χ0) is 8.43. The molecule has 0 unspecified atom stereocenters. The van der Waals surface area contributed by atoms with Crippen LogP contribution in [0.3, 0.4) is 0 Å². The predicted molar refractivity (Wildman–Crippen MR) is 51.8 cm³/mol. The standard InChI is InChI=1S/C9H11NS/c1-6-3-4-8(9(10)11)5-7(6)2/h3-5H,1-2H3,(H2,10,11). The van der Waals surface area contributed by atoms with Crippen LogP contribution < -0.4 is 5.73 Å². The first-order valence-electron chi connectivity index (χ1n) is 3.48. The molecule has 1 aromatic rings. The van der Waals surface area contributed by atoms with Gasteiger partial charge in [-0.1, -0.05) is 24.4 Å². The number of aryl methyl sites for hydroxylation is 2. The molecule has 0 saturated carbocycles. The number of hydrogen-bond acceptors (Lipinski definition) is 1. The van der Waals surface area contributed by atoms with Gasteiger partial charge >= 0.3 is 0 Å². The summed E-state index contributed by atoms with van der Waals surface area (Å²) in [6.45, 7) is 4.12. The van der Waals surface area contributed by atoms with E-state index in [1.54, 1.807) is 0 Å². The SMILES string of the molecule is Cc1ccc(C(N)=S)cc1C. The van der Waals surface area contributed by atoms with Gasteiger partial charge in [0.15, 0.2) is 0 Å². The molecular formula is C9H11NS. The Labute approximate surface area is 72.2 Å². The minimum absolute atomic E-state index is 0.466. The highest BCUT2D eigenvalue weighted by atomic mass is 32.1. The minimum Gasteiger partial charge on any atom is -0.389 e. The van der Waals surface area contributed by atoms with Crippen LogP contribution in [-0.2, 0) is 0 Å². The Bertz CT molecular complexity index is 292. The highest BCUT2D eigenvalue weighted by Crippen LogP contribution is 2.09. The Balaban J connectivity index is 3.15. The van der Waals surface area contributed by atoms with E-state index in [1.165, 1.54) is 11.1 Å². The van der Waals surface area contributed by atoms with E-state index in [2.05, 4.69) is 13.8 Å². The fraction of sp³-hybridized carbons (Fsp3) is 0.222. The second kappa shape index (κ2) is 3.01. The second-order valence-electron chi connectivity index (χ2n) is 2.66. The fourth-order valence-electron chi connectivity index (χ4n) is 0.895. The lowest BCUT2D eigenvalue weighted by atomic mass is 10.1. The lowest BCUT2D eigenvalue weighted by Gasteiger charge is -2.02. The summed E-state index contributed by atoms with van der Waals surface area (Å²) >= 11 is 4.84. The molecule has 0 spiro atoms. The maximum atomic E-state index is 5.46. The Hall–Kier alpha value is -0.890. The van der Waals surface area contributed by atoms with Crippen LogP contribution in [0.15, 0.2) is 18.2 Å². The molecular weight excluding hydrogens is 154 g/mol. The second-order valence-corrected chi connectivity index (χ2v) is 3.10. The first-order valence-corrected chi connectivity index (χ1v) is 3.89. The summed E-state index contributed by atoms with van der Waals surface area (Å²) in [5.74, 6) is 0. The molecule has 0 aliphatic carbocycles. The van der Waals surface area contributed by atoms with Gasteiger partial charge in [-0.05, 0) is 31.0 Å². The molecule has 0 saturated heterocycles. The third-order valence-corrected chi connectivity index (χ3v) is 2.03. The van der Waals surface area contributed by atoms with E-state index in [0.717, 1.165) is 5.56 Å². The summed E-state index contributed by atoms with van der Waals surface area (Å²) in [5.41, 5.74) is 8.91. The van der Waals surface area contributed by atoms with E-state index in [-0.39, 0.29) is 0 Å². The molecule has 0 amide bonds. The van der Waals surface area contributed by atoms with Gasteiger partial charge < -0.3 is 5.73 Å². The zero-order valence-electron chi connectivity index (χ0n) is 6.72. The monoisotopic (exact) mass is 165 g/mol. The highest BCUT2D eigenvalue weighted by Gasteiger charge is 1.97. The van der Waals surface area contributed by atoms with Gasteiger partial charge in [0.2, 0.25) is 0 Å². The molecule has 11 heavy (non-hydrogen) atoms. The first kappa shape index (κ1) is 8.21. The molecule has 0 fully saturated rings. The van der Waals surface area contributed by atoms with Crippen molar-refractivity contribution >= 4 is 17.2 Å². The van der Waals surface area contributed by atoms with Crippen molar-refractivity contribution in [3.8, 4) is 0 Å². The number of nitrogens with two attached hydrogens (primary N) is 1. The average molecular weight is 165 g/mol. The van der Waals surface area contributed by atoms with Crippen molar-refractivity contribution in [3.63, 3.8) is 0 Å². The van der Waals surface area contributed by atoms with Crippen LogP contribution in [0.4, 0.5) is 0 Å². The van der Waals surface area contributed by atoms with E-state index in [9.17, 15) is 0 Å². The van der Waals surface area contributed by atoms with Gasteiger partial charge in [-0.2, -0.15) is 0 Å². The molecule has 0 atom stereocenters. The molecule has 58 valence electrons. The van der Waals surface area contributed by atoms with Gasteiger partial charge in [-0.25, -0.2) is 0 Å². The van der Waals surface area contributed by atoms with Crippen LogP contribution in [0.5, 0.6) is 0 Å². The number of rotatable bonds is 1. The van der Waals surface area contributed by atoms with Crippen molar-refractivity contribution in [2.75, 3.05) is 0 Å². The van der Waals surface area contributed by atoms with Gasteiger partial charge in [-0.15, -0.1) is 0 Å². The summed E-state index contributed by atoms with van der Waals surface area (Å²) in [7, 11) is 0. The maximum absolute atomic E-state index is 5.46. The van der Waals surface area contributed by atoms with Crippen LogP contribution in [0.1, 0.15) is 16.7 Å². The fourth-order valence-corrected chi connectivity index (χ4v) is 1.02. The van der Waals surface area contributed by atoms with Crippen molar-refractivity contribution < 1.29 is 0 Å². The molecule has 1 aromatic carbocycles. The normalized spacial score (nSPS) is 9.64. The Morgan fingerprint density at radius 1 is 1.27 bits per heavy atom.